The number of carbonyl (C=O) groups excluding carboxylic acids is 1. The quantitative estimate of drug-likeness (QED) is 0.731. The van der Waals surface area contributed by atoms with Crippen LogP contribution in [0.25, 0.3) is 5.69 Å². The number of aromatic nitrogens is 2. The summed E-state index contributed by atoms with van der Waals surface area (Å²) in [6.45, 7) is 0.210. The first-order valence-electron chi connectivity index (χ1n) is 7.51. The van der Waals surface area contributed by atoms with Crippen LogP contribution in [0.15, 0.2) is 67.0 Å². The van der Waals surface area contributed by atoms with Gasteiger partial charge in [-0.05, 0) is 54.6 Å². The number of ether oxygens (including phenoxy) is 1. The van der Waals surface area contributed by atoms with Gasteiger partial charge in [-0.1, -0.05) is 0 Å². The van der Waals surface area contributed by atoms with E-state index in [1.165, 1.54) is 0 Å². The maximum absolute atomic E-state index is 12.3. The number of amides is 1. The summed E-state index contributed by atoms with van der Waals surface area (Å²) in [6, 6.07) is 16.0. The summed E-state index contributed by atoms with van der Waals surface area (Å²) >= 11 is 0. The molecule has 0 saturated heterocycles. The summed E-state index contributed by atoms with van der Waals surface area (Å²) in [5, 5.41) is 15.7. The first-order valence-corrected chi connectivity index (χ1v) is 7.51. The summed E-state index contributed by atoms with van der Waals surface area (Å²) in [5.41, 5.74) is 2.13. The lowest BCUT2D eigenvalue weighted by molar-refractivity contribution is 0.102. The van der Waals surface area contributed by atoms with E-state index < -0.39 is 0 Å². The van der Waals surface area contributed by atoms with E-state index in [1.54, 1.807) is 47.3 Å². The molecule has 6 nitrogen and oxygen atoms in total. The predicted molar refractivity (Wildman–Crippen MR) is 90.5 cm³/mol. The zero-order valence-electron chi connectivity index (χ0n) is 12.9. The second-order valence-electron chi connectivity index (χ2n) is 5.05. The minimum atomic E-state index is -0.189. The fourth-order valence-corrected chi connectivity index (χ4v) is 2.19. The van der Waals surface area contributed by atoms with Crippen LogP contribution < -0.4 is 10.1 Å². The third-order valence-corrected chi connectivity index (χ3v) is 3.37. The molecule has 2 aromatic carbocycles. The Balaban J connectivity index is 1.64. The lowest BCUT2D eigenvalue weighted by Gasteiger charge is -2.08. The van der Waals surface area contributed by atoms with E-state index in [2.05, 4.69) is 10.4 Å². The van der Waals surface area contributed by atoms with E-state index in [0.29, 0.717) is 17.0 Å². The van der Waals surface area contributed by atoms with Gasteiger partial charge in [0.05, 0.1) is 12.3 Å². The van der Waals surface area contributed by atoms with E-state index in [0.717, 1.165) is 5.69 Å². The molecule has 0 aliphatic rings. The summed E-state index contributed by atoms with van der Waals surface area (Å²) in [5.74, 6) is 0.455. The van der Waals surface area contributed by atoms with Crippen molar-refractivity contribution >= 4 is 11.6 Å². The second-order valence-corrected chi connectivity index (χ2v) is 5.05. The smallest absolute Gasteiger partial charge is 0.255 e. The number of anilines is 1. The fourth-order valence-electron chi connectivity index (χ4n) is 2.19. The molecule has 0 radical (unpaired) electrons. The molecule has 1 aromatic heterocycles. The monoisotopic (exact) mass is 323 g/mol. The van der Waals surface area contributed by atoms with Gasteiger partial charge in [-0.15, -0.1) is 0 Å². The van der Waals surface area contributed by atoms with E-state index in [1.807, 2.05) is 24.4 Å². The highest BCUT2D eigenvalue weighted by molar-refractivity contribution is 6.04. The number of aliphatic hydroxyl groups is 1. The molecule has 0 aliphatic carbocycles. The number of hydrogen-bond acceptors (Lipinski definition) is 4. The molecule has 122 valence electrons. The molecule has 2 N–H and O–H groups in total. The highest BCUT2D eigenvalue weighted by Gasteiger charge is 2.07. The highest BCUT2D eigenvalue weighted by atomic mass is 16.5. The number of carbonyl (C=O) groups is 1. The second kappa shape index (κ2) is 7.43. The Morgan fingerprint density at radius 2 is 1.88 bits per heavy atom. The van der Waals surface area contributed by atoms with Crippen LogP contribution in [-0.2, 0) is 0 Å². The molecule has 0 aliphatic heterocycles. The molecular weight excluding hydrogens is 306 g/mol. The molecule has 3 rings (SSSR count). The minimum absolute atomic E-state index is 0.0347. The Kier molecular flexibility index (Phi) is 4.88. The van der Waals surface area contributed by atoms with E-state index in [4.69, 9.17) is 9.84 Å². The van der Waals surface area contributed by atoms with Crippen LogP contribution in [0.2, 0.25) is 0 Å². The highest BCUT2D eigenvalue weighted by Crippen LogP contribution is 2.17. The van der Waals surface area contributed by atoms with Gasteiger partial charge in [0.1, 0.15) is 12.4 Å². The molecule has 0 atom stereocenters. The Morgan fingerprint density at radius 1 is 1.12 bits per heavy atom. The van der Waals surface area contributed by atoms with Gasteiger partial charge in [0.25, 0.3) is 5.91 Å². The van der Waals surface area contributed by atoms with Crippen molar-refractivity contribution in [3.05, 3.63) is 72.6 Å². The average molecular weight is 323 g/mol. The van der Waals surface area contributed by atoms with E-state index >= 15 is 0 Å². The fraction of sp³-hybridized carbons (Fsp3) is 0.111. The van der Waals surface area contributed by atoms with Crippen molar-refractivity contribution in [1.29, 1.82) is 0 Å². The number of benzene rings is 2. The molecule has 3 aromatic rings. The van der Waals surface area contributed by atoms with Crippen LogP contribution in [0.5, 0.6) is 5.75 Å². The van der Waals surface area contributed by atoms with Crippen LogP contribution in [0.1, 0.15) is 10.4 Å². The predicted octanol–water partition coefficient (Wildman–Crippen LogP) is 2.50. The van der Waals surface area contributed by atoms with Gasteiger partial charge < -0.3 is 15.2 Å². The molecular formula is C18H17N3O3. The Morgan fingerprint density at radius 3 is 2.50 bits per heavy atom. The molecule has 0 fully saturated rings. The van der Waals surface area contributed by atoms with Gasteiger partial charge in [0.15, 0.2) is 0 Å². The number of rotatable bonds is 6. The van der Waals surface area contributed by atoms with Crippen molar-refractivity contribution in [2.75, 3.05) is 18.5 Å². The van der Waals surface area contributed by atoms with Crippen molar-refractivity contribution in [2.24, 2.45) is 0 Å². The molecule has 1 heterocycles. The average Bonchev–Trinajstić information content (AvgIpc) is 3.16. The molecule has 0 unspecified atom stereocenters. The minimum Gasteiger partial charge on any atom is -0.491 e. The maximum Gasteiger partial charge on any atom is 0.255 e. The van der Waals surface area contributed by atoms with Crippen LogP contribution in [0.3, 0.4) is 0 Å². The Hall–Kier alpha value is -3.12. The van der Waals surface area contributed by atoms with Crippen LogP contribution in [-0.4, -0.2) is 34.0 Å². The van der Waals surface area contributed by atoms with Gasteiger partial charge in [-0.2, -0.15) is 5.10 Å². The van der Waals surface area contributed by atoms with E-state index in [9.17, 15) is 4.79 Å². The summed E-state index contributed by atoms with van der Waals surface area (Å²) < 4.78 is 7.01. The van der Waals surface area contributed by atoms with Crippen molar-refractivity contribution < 1.29 is 14.6 Å². The van der Waals surface area contributed by atoms with Gasteiger partial charge in [0, 0.05) is 23.6 Å². The SMILES string of the molecule is O=C(Nc1ccc(OCCO)cc1)c1ccc(-n2cccn2)cc1. The maximum atomic E-state index is 12.3. The normalized spacial score (nSPS) is 10.4. The van der Waals surface area contributed by atoms with Crippen molar-refractivity contribution in [2.45, 2.75) is 0 Å². The zero-order valence-corrected chi connectivity index (χ0v) is 12.9. The third kappa shape index (κ3) is 3.80. The van der Waals surface area contributed by atoms with Gasteiger partial charge in [-0.25, -0.2) is 4.68 Å². The largest absolute Gasteiger partial charge is 0.491 e. The van der Waals surface area contributed by atoms with Gasteiger partial charge in [0.2, 0.25) is 0 Å². The topological polar surface area (TPSA) is 76.4 Å². The van der Waals surface area contributed by atoms with Gasteiger partial charge in [-0.3, -0.25) is 4.79 Å². The van der Waals surface area contributed by atoms with Gasteiger partial charge >= 0.3 is 0 Å². The molecule has 0 bridgehead atoms. The number of nitrogens with zero attached hydrogens (tertiary/aromatic N) is 2. The van der Waals surface area contributed by atoms with Crippen molar-refractivity contribution in [3.63, 3.8) is 0 Å². The Labute approximate surface area is 139 Å². The zero-order chi connectivity index (χ0) is 16.8. The van der Waals surface area contributed by atoms with Crippen LogP contribution in [0.4, 0.5) is 5.69 Å². The number of hydrogen-bond donors (Lipinski definition) is 2. The first kappa shape index (κ1) is 15.8. The molecule has 1 amide bonds. The lowest BCUT2D eigenvalue weighted by atomic mass is 10.2. The first-order chi connectivity index (χ1) is 11.8. The number of aliphatic hydroxyl groups excluding tert-OH is 1. The Bertz CT molecular complexity index is 781. The molecule has 6 heteroatoms. The number of nitrogens with one attached hydrogen (secondary N) is 1. The summed E-state index contributed by atoms with van der Waals surface area (Å²) in [7, 11) is 0. The summed E-state index contributed by atoms with van der Waals surface area (Å²) in [4.78, 5) is 12.3. The standard InChI is InChI=1S/C18H17N3O3/c22-12-13-24-17-8-4-15(5-9-17)20-18(23)14-2-6-16(7-3-14)21-11-1-10-19-21/h1-11,22H,12-13H2,(H,20,23). The van der Waals surface area contributed by atoms with Crippen molar-refractivity contribution in [3.8, 4) is 11.4 Å². The molecule has 24 heavy (non-hydrogen) atoms. The van der Waals surface area contributed by atoms with E-state index in [-0.39, 0.29) is 19.1 Å². The molecule has 0 spiro atoms. The van der Waals surface area contributed by atoms with Crippen LogP contribution in [0, 0.1) is 0 Å². The summed E-state index contributed by atoms with van der Waals surface area (Å²) in [6.07, 6.45) is 3.55. The lowest BCUT2D eigenvalue weighted by Crippen LogP contribution is -2.12. The van der Waals surface area contributed by atoms with Crippen LogP contribution >= 0.6 is 0 Å². The third-order valence-electron chi connectivity index (χ3n) is 3.37. The van der Waals surface area contributed by atoms with Crippen molar-refractivity contribution in [1.82, 2.24) is 9.78 Å². The molecule has 0 saturated carbocycles.